The molecule has 0 aromatic carbocycles. The molecule has 0 radical (unpaired) electrons. The second-order valence-corrected chi connectivity index (χ2v) is 7.82. The molecule has 0 saturated carbocycles. The number of thiophene rings is 1. The van der Waals surface area contributed by atoms with Crippen molar-refractivity contribution in [3.05, 3.63) is 41.2 Å². The lowest BCUT2D eigenvalue weighted by atomic mass is 10.1. The van der Waals surface area contributed by atoms with Gasteiger partial charge in [0.15, 0.2) is 11.7 Å². The summed E-state index contributed by atoms with van der Waals surface area (Å²) in [7, 11) is 1.79. The van der Waals surface area contributed by atoms with E-state index in [4.69, 9.17) is 4.42 Å². The van der Waals surface area contributed by atoms with Crippen molar-refractivity contribution in [2.75, 3.05) is 38.1 Å². The number of rotatable bonds is 7. The number of hydrogen-bond acceptors (Lipinski definition) is 5. The number of carbonyl (C=O) groups is 1. The van der Waals surface area contributed by atoms with E-state index in [9.17, 15) is 4.79 Å². The zero-order valence-electron chi connectivity index (χ0n) is 16.9. The molecule has 3 heterocycles. The molecule has 0 unspecified atom stereocenters. The molecule has 1 fully saturated rings. The van der Waals surface area contributed by atoms with Crippen LogP contribution in [0.4, 0.5) is 5.00 Å². The molecule has 160 valence electrons. The lowest BCUT2D eigenvalue weighted by Crippen LogP contribution is -2.49. The average molecular weight is 531 g/mol. The molecular formula is C20H30IN5O2S. The predicted molar refractivity (Wildman–Crippen MR) is 130 cm³/mol. The van der Waals surface area contributed by atoms with Crippen molar-refractivity contribution in [3.63, 3.8) is 0 Å². The maximum absolute atomic E-state index is 12.0. The first kappa shape index (κ1) is 23.5. The first-order valence-corrected chi connectivity index (χ1v) is 10.6. The Morgan fingerprint density at radius 3 is 2.66 bits per heavy atom. The minimum atomic E-state index is -0.164. The molecular weight excluding hydrogens is 501 g/mol. The zero-order chi connectivity index (χ0) is 19.8. The molecule has 1 amide bonds. The second-order valence-electron chi connectivity index (χ2n) is 6.90. The maximum atomic E-state index is 12.0. The zero-order valence-corrected chi connectivity index (χ0v) is 20.1. The van der Waals surface area contributed by atoms with Gasteiger partial charge in [-0.2, -0.15) is 0 Å². The van der Waals surface area contributed by atoms with E-state index in [2.05, 4.69) is 43.4 Å². The van der Waals surface area contributed by atoms with Crippen LogP contribution in [0.2, 0.25) is 0 Å². The summed E-state index contributed by atoms with van der Waals surface area (Å²) in [6.45, 7) is 5.31. The third-order valence-corrected chi connectivity index (χ3v) is 5.81. The Bertz CT molecular complexity index is 770. The maximum Gasteiger partial charge on any atom is 0.287 e. The van der Waals surface area contributed by atoms with Gasteiger partial charge in [0.05, 0.1) is 11.3 Å². The van der Waals surface area contributed by atoms with Crippen LogP contribution in [0.15, 0.2) is 39.3 Å². The third-order valence-electron chi connectivity index (χ3n) is 4.88. The fraction of sp³-hybridized carbons (Fsp3) is 0.500. The Kier molecular flexibility index (Phi) is 9.79. The minimum absolute atomic E-state index is 0. The molecule has 0 spiro atoms. The standard InChI is InChI=1S/C20H29N5O2S.HI/c1-15-8-13-27-18(15)19(26)22-9-4-10-23-20(21-2)24-16-6-11-25(12-7-16)17-5-3-14-28-17;/h3,5,8,13-14,16H,4,6-7,9-12H2,1-2H3,(H,22,26)(H2,21,23,24);1H. The molecule has 0 bridgehead atoms. The number of piperidine rings is 1. The highest BCUT2D eigenvalue weighted by Gasteiger charge is 2.20. The SMILES string of the molecule is CN=C(NCCCNC(=O)c1occc1C)NC1CCN(c2cccs2)CC1.I. The van der Waals surface area contributed by atoms with E-state index in [1.165, 1.54) is 11.3 Å². The van der Waals surface area contributed by atoms with Crippen LogP contribution in [0.1, 0.15) is 35.4 Å². The number of carbonyl (C=O) groups excluding carboxylic acids is 1. The van der Waals surface area contributed by atoms with Crippen molar-refractivity contribution in [1.29, 1.82) is 0 Å². The molecule has 3 N–H and O–H groups in total. The number of guanidine groups is 1. The number of nitrogens with one attached hydrogen (secondary N) is 3. The summed E-state index contributed by atoms with van der Waals surface area (Å²) < 4.78 is 5.19. The quantitative estimate of drug-likeness (QED) is 0.221. The molecule has 1 saturated heterocycles. The van der Waals surface area contributed by atoms with Gasteiger partial charge < -0.3 is 25.3 Å². The molecule has 2 aromatic heterocycles. The Morgan fingerprint density at radius 1 is 1.28 bits per heavy atom. The number of amides is 1. The highest BCUT2D eigenvalue weighted by molar-refractivity contribution is 14.0. The predicted octanol–water partition coefficient (Wildman–Crippen LogP) is 3.22. The van der Waals surface area contributed by atoms with Gasteiger partial charge in [-0.15, -0.1) is 35.3 Å². The fourth-order valence-electron chi connectivity index (χ4n) is 3.26. The van der Waals surface area contributed by atoms with Gasteiger partial charge in [0, 0.05) is 44.8 Å². The van der Waals surface area contributed by atoms with Crippen LogP contribution in [0, 0.1) is 6.92 Å². The van der Waals surface area contributed by atoms with E-state index in [-0.39, 0.29) is 29.9 Å². The molecule has 29 heavy (non-hydrogen) atoms. The number of nitrogens with zero attached hydrogens (tertiary/aromatic N) is 2. The highest BCUT2D eigenvalue weighted by atomic mass is 127. The summed E-state index contributed by atoms with van der Waals surface area (Å²) in [5.41, 5.74) is 0.852. The number of halogens is 1. The molecule has 9 heteroatoms. The van der Waals surface area contributed by atoms with Crippen LogP contribution in [0.3, 0.4) is 0 Å². The first-order chi connectivity index (χ1) is 13.7. The van der Waals surface area contributed by atoms with Gasteiger partial charge in [-0.25, -0.2) is 0 Å². The highest BCUT2D eigenvalue weighted by Crippen LogP contribution is 2.24. The minimum Gasteiger partial charge on any atom is -0.459 e. The summed E-state index contributed by atoms with van der Waals surface area (Å²) >= 11 is 1.80. The molecule has 7 nitrogen and oxygen atoms in total. The van der Waals surface area contributed by atoms with Gasteiger partial charge in [0.2, 0.25) is 0 Å². The first-order valence-electron chi connectivity index (χ1n) is 9.75. The Balaban J connectivity index is 0.00000300. The molecule has 2 aromatic rings. The average Bonchev–Trinajstić information content (AvgIpc) is 3.39. The van der Waals surface area contributed by atoms with E-state index >= 15 is 0 Å². The molecule has 1 aliphatic heterocycles. The molecule has 0 aliphatic carbocycles. The van der Waals surface area contributed by atoms with Crippen molar-refractivity contribution < 1.29 is 9.21 Å². The van der Waals surface area contributed by atoms with E-state index in [0.29, 0.717) is 18.3 Å². The fourth-order valence-corrected chi connectivity index (χ4v) is 4.05. The van der Waals surface area contributed by atoms with Crippen molar-refractivity contribution in [2.45, 2.75) is 32.2 Å². The smallest absolute Gasteiger partial charge is 0.287 e. The summed E-state index contributed by atoms with van der Waals surface area (Å²) in [5, 5.41) is 13.2. The number of hydrogen-bond donors (Lipinski definition) is 3. The molecule has 1 aliphatic rings. The van der Waals surface area contributed by atoms with Gasteiger partial charge in [0.25, 0.3) is 5.91 Å². The largest absolute Gasteiger partial charge is 0.459 e. The lowest BCUT2D eigenvalue weighted by Gasteiger charge is -2.33. The van der Waals surface area contributed by atoms with Crippen LogP contribution in [-0.2, 0) is 0 Å². The van der Waals surface area contributed by atoms with Gasteiger partial charge in [-0.05, 0) is 49.8 Å². The second kappa shape index (κ2) is 12.1. The van der Waals surface area contributed by atoms with Crippen LogP contribution in [-0.4, -0.2) is 51.1 Å². The van der Waals surface area contributed by atoms with Crippen molar-refractivity contribution in [1.82, 2.24) is 16.0 Å². The van der Waals surface area contributed by atoms with Gasteiger partial charge in [-0.1, -0.05) is 0 Å². The van der Waals surface area contributed by atoms with Gasteiger partial charge >= 0.3 is 0 Å². The van der Waals surface area contributed by atoms with Gasteiger partial charge in [-0.3, -0.25) is 9.79 Å². The van der Waals surface area contributed by atoms with Crippen LogP contribution >= 0.6 is 35.3 Å². The molecule has 3 rings (SSSR count). The summed E-state index contributed by atoms with van der Waals surface area (Å²) in [6.07, 6.45) is 4.53. The van der Waals surface area contributed by atoms with Crippen LogP contribution < -0.4 is 20.9 Å². The van der Waals surface area contributed by atoms with Crippen LogP contribution in [0.5, 0.6) is 0 Å². The Labute approximate surface area is 193 Å². The number of anilines is 1. The monoisotopic (exact) mass is 531 g/mol. The van der Waals surface area contributed by atoms with E-state index in [1.807, 2.05) is 6.92 Å². The van der Waals surface area contributed by atoms with Crippen molar-refractivity contribution in [3.8, 4) is 0 Å². The Morgan fingerprint density at radius 2 is 2.03 bits per heavy atom. The van der Waals surface area contributed by atoms with Gasteiger partial charge in [0.1, 0.15) is 0 Å². The number of furan rings is 1. The molecule has 0 atom stereocenters. The third kappa shape index (κ3) is 6.91. The number of aryl methyl sites for hydroxylation is 1. The summed E-state index contributed by atoms with van der Waals surface area (Å²) in [4.78, 5) is 18.8. The van der Waals surface area contributed by atoms with Crippen LogP contribution in [0.25, 0.3) is 0 Å². The number of aliphatic imine (C=N–C) groups is 1. The Hall–Kier alpha value is -1.75. The van der Waals surface area contributed by atoms with E-state index < -0.39 is 0 Å². The van der Waals surface area contributed by atoms with Crippen molar-refractivity contribution >= 4 is 52.2 Å². The lowest BCUT2D eigenvalue weighted by molar-refractivity contribution is 0.0925. The summed E-state index contributed by atoms with van der Waals surface area (Å²) in [5.74, 6) is 1.05. The summed E-state index contributed by atoms with van der Waals surface area (Å²) in [6, 6.07) is 6.51. The normalized spacial score (nSPS) is 15.0. The van der Waals surface area contributed by atoms with Crippen molar-refractivity contribution in [2.24, 2.45) is 4.99 Å². The van der Waals surface area contributed by atoms with E-state index in [0.717, 1.165) is 50.4 Å². The topological polar surface area (TPSA) is 81.9 Å². The van der Waals surface area contributed by atoms with E-state index in [1.54, 1.807) is 24.5 Å².